The standard InChI is InChI=1S/C21H32O5.C15H24O/c1-19-7-5-13(23)9-12(19)3-4-14-15-6-8-21(26,17(25)11-22)20(15,2)10-16(24)18(14)19;1-10-8-11(14(2,3)4)13(16)12(9-10)15(5,6)7/h12-15,18,22-23,26H,3-11H2,1-2H3;8-9,16H,1-7H3/t12-,13-,14+,15+,18-,19+,20+,21+;/m1./s1. The third-order valence-electron chi connectivity index (χ3n) is 12.0. The van der Waals surface area contributed by atoms with Gasteiger partial charge in [-0.1, -0.05) is 73.1 Å². The zero-order valence-electron chi connectivity index (χ0n) is 27.5. The number of benzene rings is 1. The molecule has 0 unspecified atom stereocenters. The van der Waals surface area contributed by atoms with E-state index in [0.717, 1.165) is 49.7 Å². The van der Waals surface area contributed by atoms with Gasteiger partial charge in [-0.25, -0.2) is 0 Å². The van der Waals surface area contributed by atoms with E-state index in [-0.39, 0.29) is 52.3 Å². The lowest BCUT2D eigenvalue weighted by atomic mass is 9.44. The largest absolute Gasteiger partial charge is 0.507 e. The van der Waals surface area contributed by atoms with Crippen LogP contribution < -0.4 is 0 Å². The van der Waals surface area contributed by atoms with Gasteiger partial charge in [0, 0.05) is 17.8 Å². The van der Waals surface area contributed by atoms with E-state index in [0.29, 0.717) is 18.1 Å². The van der Waals surface area contributed by atoms with Gasteiger partial charge in [0.05, 0.1) is 6.10 Å². The van der Waals surface area contributed by atoms with Gasteiger partial charge in [-0.2, -0.15) is 0 Å². The highest BCUT2D eigenvalue weighted by atomic mass is 16.3. The average Bonchev–Trinajstić information content (AvgIpc) is 3.15. The molecular weight excluding hydrogens is 528 g/mol. The van der Waals surface area contributed by atoms with Gasteiger partial charge < -0.3 is 20.4 Å². The van der Waals surface area contributed by atoms with E-state index in [4.69, 9.17) is 0 Å². The molecule has 4 fully saturated rings. The summed E-state index contributed by atoms with van der Waals surface area (Å²) in [4.78, 5) is 25.7. The number of carbonyl (C=O) groups is 2. The minimum atomic E-state index is -1.58. The van der Waals surface area contributed by atoms with Crippen LogP contribution in [0.25, 0.3) is 0 Å². The van der Waals surface area contributed by atoms with Gasteiger partial charge in [-0.05, 0) is 97.0 Å². The molecule has 42 heavy (non-hydrogen) atoms. The maximum absolute atomic E-state index is 13.4. The van der Waals surface area contributed by atoms with Crippen molar-refractivity contribution in [2.75, 3.05) is 6.61 Å². The molecule has 0 amide bonds. The molecular formula is C36H56O6. The number of carbonyl (C=O) groups excluding carboxylic acids is 2. The fraction of sp³-hybridized carbons (Fsp3) is 0.778. The maximum atomic E-state index is 13.4. The molecule has 4 aliphatic carbocycles. The molecule has 4 saturated carbocycles. The van der Waals surface area contributed by atoms with Crippen LogP contribution in [-0.2, 0) is 20.4 Å². The van der Waals surface area contributed by atoms with E-state index < -0.39 is 23.4 Å². The van der Waals surface area contributed by atoms with Gasteiger partial charge >= 0.3 is 0 Å². The second kappa shape index (κ2) is 11.0. The summed E-state index contributed by atoms with van der Waals surface area (Å²) in [5.41, 5.74) is 0.854. The number of hydrogen-bond acceptors (Lipinski definition) is 6. The number of aliphatic hydroxyl groups is 3. The maximum Gasteiger partial charge on any atom is 0.190 e. The van der Waals surface area contributed by atoms with Crippen LogP contribution in [0.3, 0.4) is 0 Å². The number of aliphatic hydroxyl groups excluding tert-OH is 2. The number of Topliss-reactive ketones (excluding diaryl/α,β-unsaturated/α-hetero) is 2. The summed E-state index contributed by atoms with van der Waals surface area (Å²) < 4.78 is 0. The quantitative estimate of drug-likeness (QED) is 0.331. The van der Waals surface area contributed by atoms with Crippen molar-refractivity contribution in [3.8, 4) is 5.75 Å². The number of ketones is 2. The number of rotatable bonds is 2. The van der Waals surface area contributed by atoms with E-state index in [1.165, 1.54) is 5.56 Å². The topological polar surface area (TPSA) is 115 Å². The molecule has 0 spiro atoms. The molecule has 0 aromatic heterocycles. The number of aromatic hydroxyl groups is 1. The van der Waals surface area contributed by atoms with Gasteiger partial charge in [-0.15, -0.1) is 0 Å². The van der Waals surface area contributed by atoms with Gasteiger partial charge in [0.1, 0.15) is 23.7 Å². The Balaban J connectivity index is 0.000000219. The first-order chi connectivity index (χ1) is 19.2. The molecule has 0 aliphatic heterocycles. The van der Waals surface area contributed by atoms with Crippen molar-refractivity contribution in [2.45, 2.75) is 136 Å². The molecule has 236 valence electrons. The summed E-state index contributed by atoms with van der Waals surface area (Å²) in [5, 5.41) is 41.0. The Morgan fingerprint density at radius 1 is 0.952 bits per heavy atom. The Morgan fingerprint density at radius 2 is 1.52 bits per heavy atom. The van der Waals surface area contributed by atoms with Crippen LogP contribution in [0.2, 0.25) is 0 Å². The summed E-state index contributed by atoms with van der Waals surface area (Å²) >= 11 is 0. The summed E-state index contributed by atoms with van der Waals surface area (Å²) in [6.07, 6.45) is 5.47. The summed E-state index contributed by atoms with van der Waals surface area (Å²) in [7, 11) is 0. The number of aryl methyl sites for hydroxylation is 1. The van der Waals surface area contributed by atoms with E-state index in [1.54, 1.807) is 0 Å². The summed E-state index contributed by atoms with van der Waals surface area (Å²) in [6.45, 7) is 18.3. The Hall–Kier alpha value is -1.76. The van der Waals surface area contributed by atoms with Crippen molar-refractivity contribution >= 4 is 11.6 Å². The van der Waals surface area contributed by atoms with E-state index in [2.05, 4.69) is 67.5 Å². The minimum absolute atomic E-state index is 0.0154. The zero-order chi connectivity index (χ0) is 31.6. The van der Waals surface area contributed by atoms with Gasteiger partial charge in [0.15, 0.2) is 5.78 Å². The fourth-order valence-electron chi connectivity index (χ4n) is 9.57. The molecule has 4 N–H and O–H groups in total. The van der Waals surface area contributed by atoms with Crippen LogP contribution in [0, 0.1) is 41.4 Å². The number of phenolic OH excluding ortho intramolecular Hbond substituents is 1. The Kier molecular flexibility index (Phi) is 8.68. The van der Waals surface area contributed by atoms with Gasteiger partial charge in [-0.3, -0.25) is 9.59 Å². The van der Waals surface area contributed by atoms with Crippen molar-refractivity contribution < 1.29 is 30.0 Å². The molecule has 6 heteroatoms. The monoisotopic (exact) mass is 584 g/mol. The highest BCUT2D eigenvalue weighted by molar-refractivity contribution is 5.92. The lowest BCUT2D eigenvalue weighted by Gasteiger charge is -2.60. The third kappa shape index (κ3) is 5.38. The molecule has 0 saturated heterocycles. The highest BCUT2D eigenvalue weighted by Crippen LogP contribution is 2.67. The van der Waals surface area contributed by atoms with Crippen molar-refractivity contribution in [3.05, 3.63) is 28.8 Å². The molecule has 4 aliphatic rings. The van der Waals surface area contributed by atoms with Gasteiger partial charge in [0.25, 0.3) is 0 Å². The van der Waals surface area contributed by atoms with Crippen LogP contribution in [0.15, 0.2) is 12.1 Å². The predicted octanol–water partition coefficient (Wildman–Crippen LogP) is 6.16. The second-order valence-electron chi connectivity index (χ2n) is 16.7. The first-order valence-electron chi connectivity index (χ1n) is 16.1. The Bertz CT molecular complexity index is 1170. The lowest BCUT2D eigenvalue weighted by molar-refractivity contribution is -0.180. The van der Waals surface area contributed by atoms with E-state index in [9.17, 15) is 30.0 Å². The average molecular weight is 585 g/mol. The van der Waals surface area contributed by atoms with Crippen LogP contribution in [0.1, 0.15) is 123 Å². The van der Waals surface area contributed by atoms with Crippen molar-refractivity contribution in [1.82, 2.24) is 0 Å². The van der Waals surface area contributed by atoms with Crippen LogP contribution in [0.5, 0.6) is 5.75 Å². The molecule has 1 aromatic carbocycles. The van der Waals surface area contributed by atoms with E-state index in [1.807, 2.05) is 6.92 Å². The van der Waals surface area contributed by atoms with E-state index >= 15 is 0 Å². The van der Waals surface area contributed by atoms with Crippen LogP contribution in [0.4, 0.5) is 0 Å². The molecule has 8 atom stereocenters. The normalized spacial score (nSPS) is 38.1. The molecule has 0 radical (unpaired) electrons. The third-order valence-corrected chi connectivity index (χ3v) is 12.0. The molecule has 5 rings (SSSR count). The summed E-state index contributed by atoms with van der Waals surface area (Å²) in [5.74, 6) is 0.843. The van der Waals surface area contributed by atoms with Crippen molar-refractivity contribution in [1.29, 1.82) is 0 Å². The highest BCUT2D eigenvalue weighted by Gasteiger charge is 2.68. The molecule has 0 heterocycles. The van der Waals surface area contributed by atoms with Crippen LogP contribution in [-0.4, -0.2) is 50.3 Å². The van der Waals surface area contributed by atoms with Gasteiger partial charge in [0.2, 0.25) is 0 Å². The number of fused-ring (bicyclic) bond motifs is 5. The minimum Gasteiger partial charge on any atom is -0.507 e. The first kappa shape index (κ1) is 33.1. The lowest BCUT2D eigenvalue weighted by Crippen LogP contribution is -2.62. The number of phenols is 1. The SMILES string of the molecule is C[C@]12CC[C@@H](O)C[C@H]1CC[C@@H]1[C@@H]2C(=O)C[C@@]2(C)[C@H]1CC[C@]2(O)C(=O)CO.Cc1cc(C(C)(C)C)c(O)c(C(C)(C)C)c1. The first-order valence-corrected chi connectivity index (χ1v) is 16.1. The summed E-state index contributed by atoms with van der Waals surface area (Å²) in [6, 6.07) is 4.18. The van der Waals surface area contributed by atoms with Crippen molar-refractivity contribution in [3.63, 3.8) is 0 Å². The predicted molar refractivity (Wildman–Crippen MR) is 165 cm³/mol. The van der Waals surface area contributed by atoms with Crippen LogP contribution >= 0.6 is 0 Å². The molecule has 0 bridgehead atoms. The smallest absolute Gasteiger partial charge is 0.190 e. The molecule has 1 aromatic rings. The second-order valence-corrected chi connectivity index (χ2v) is 16.7. The Morgan fingerprint density at radius 3 is 2.05 bits per heavy atom. The van der Waals surface area contributed by atoms with Crippen molar-refractivity contribution in [2.24, 2.45) is 34.5 Å². The fourth-order valence-corrected chi connectivity index (χ4v) is 9.57. The molecule has 6 nitrogen and oxygen atoms in total. The Labute approximate surface area is 253 Å². The number of hydrogen-bond donors (Lipinski definition) is 4. The zero-order valence-corrected chi connectivity index (χ0v) is 27.5.